The van der Waals surface area contributed by atoms with Crippen molar-refractivity contribution in [3.05, 3.63) is 182 Å². The lowest BCUT2D eigenvalue weighted by Crippen LogP contribution is -1.97. The van der Waals surface area contributed by atoms with Crippen molar-refractivity contribution in [1.29, 1.82) is 0 Å². The first-order chi connectivity index (χ1) is 26.1. The summed E-state index contributed by atoms with van der Waals surface area (Å²) in [5.41, 5.74) is 12.0. The largest absolute Gasteiger partial charge is 0.256 e. The van der Waals surface area contributed by atoms with E-state index in [1.54, 1.807) is 0 Å². The standard InChI is InChI=1S/C49H32N4/c1-31-9-8-15-38-24-44(30-51-48(31)38)41-25-40(43-23-36-14-6-7-16-45(36)50-29-43)26-42(27-41)47-28-46(37-19-17-32-10-2-4-12-34(32)21-37)52-49(53-47)39-20-18-33-11-3-5-13-35(33)22-39/h2-30H,1H3. The minimum atomic E-state index is 0.679. The molecule has 3 aromatic heterocycles. The van der Waals surface area contributed by atoms with Crippen molar-refractivity contribution >= 4 is 43.4 Å². The highest BCUT2D eigenvalue weighted by Gasteiger charge is 2.15. The second-order valence-corrected chi connectivity index (χ2v) is 13.7. The molecule has 0 aliphatic rings. The van der Waals surface area contributed by atoms with E-state index in [9.17, 15) is 0 Å². The summed E-state index contributed by atoms with van der Waals surface area (Å²) in [6, 6.07) is 57.7. The molecule has 0 spiro atoms. The Morgan fingerprint density at radius 2 is 0.868 bits per heavy atom. The van der Waals surface area contributed by atoms with E-state index in [-0.39, 0.29) is 0 Å². The van der Waals surface area contributed by atoms with E-state index in [1.165, 1.54) is 16.2 Å². The topological polar surface area (TPSA) is 51.6 Å². The monoisotopic (exact) mass is 676 g/mol. The van der Waals surface area contributed by atoms with Crippen molar-refractivity contribution in [3.63, 3.8) is 0 Å². The van der Waals surface area contributed by atoms with Gasteiger partial charge in [0.1, 0.15) is 0 Å². The lowest BCUT2D eigenvalue weighted by molar-refractivity contribution is 1.18. The molecule has 3 heterocycles. The number of pyridine rings is 2. The fraction of sp³-hybridized carbons (Fsp3) is 0.0204. The van der Waals surface area contributed by atoms with Gasteiger partial charge in [0, 0.05) is 51.0 Å². The van der Waals surface area contributed by atoms with E-state index in [0.29, 0.717) is 5.82 Å². The van der Waals surface area contributed by atoms with Gasteiger partial charge in [-0.25, -0.2) is 9.97 Å². The molecule has 10 aromatic rings. The third-order valence-electron chi connectivity index (χ3n) is 10.2. The van der Waals surface area contributed by atoms with Crippen molar-refractivity contribution in [3.8, 4) is 56.2 Å². The van der Waals surface area contributed by atoms with Gasteiger partial charge in [0.15, 0.2) is 5.82 Å². The van der Waals surface area contributed by atoms with E-state index < -0.39 is 0 Å². The Balaban J connectivity index is 1.21. The third-order valence-corrected chi connectivity index (χ3v) is 10.2. The zero-order valence-electron chi connectivity index (χ0n) is 29.0. The number of benzene rings is 7. The maximum atomic E-state index is 5.31. The van der Waals surface area contributed by atoms with Crippen molar-refractivity contribution < 1.29 is 0 Å². The summed E-state index contributed by atoms with van der Waals surface area (Å²) in [4.78, 5) is 20.3. The smallest absolute Gasteiger partial charge is 0.160 e. The Kier molecular flexibility index (Phi) is 7.33. The Morgan fingerprint density at radius 3 is 1.60 bits per heavy atom. The van der Waals surface area contributed by atoms with Gasteiger partial charge in [-0.2, -0.15) is 0 Å². The van der Waals surface area contributed by atoms with Crippen LogP contribution < -0.4 is 0 Å². The molecule has 0 aliphatic carbocycles. The van der Waals surface area contributed by atoms with Crippen LogP contribution >= 0.6 is 0 Å². The van der Waals surface area contributed by atoms with Gasteiger partial charge < -0.3 is 0 Å². The van der Waals surface area contributed by atoms with Gasteiger partial charge in [-0.3, -0.25) is 9.97 Å². The zero-order chi connectivity index (χ0) is 35.3. The number of para-hydroxylation sites is 2. The predicted molar refractivity (Wildman–Crippen MR) is 220 cm³/mol. The van der Waals surface area contributed by atoms with Crippen LogP contribution in [0.3, 0.4) is 0 Å². The Morgan fingerprint density at radius 1 is 0.340 bits per heavy atom. The predicted octanol–water partition coefficient (Wildman–Crippen LogP) is 12.5. The number of fused-ring (bicyclic) bond motifs is 4. The minimum absolute atomic E-state index is 0.679. The fourth-order valence-corrected chi connectivity index (χ4v) is 7.36. The Hall–Kier alpha value is -7.04. The van der Waals surface area contributed by atoms with Crippen molar-refractivity contribution in [2.24, 2.45) is 0 Å². The van der Waals surface area contributed by atoms with Gasteiger partial charge in [0.05, 0.1) is 22.4 Å². The minimum Gasteiger partial charge on any atom is -0.256 e. The summed E-state index contributed by atoms with van der Waals surface area (Å²) in [6.07, 6.45) is 3.95. The first-order valence-corrected chi connectivity index (χ1v) is 17.9. The van der Waals surface area contributed by atoms with Gasteiger partial charge in [-0.1, -0.05) is 109 Å². The van der Waals surface area contributed by atoms with Crippen LogP contribution in [0.25, 0.3) is 99.5 Å². The first-order valence-electron chi connectivity index (χ1n) is 17.9. The Labute approximate surface area is 307 Å². The number of nitrogens with zero attached hydrogens (tertiary/aromatic N) is 4. The number of hydrogen-bond acceptors (Lipinski definition) is 4. The van der Waals surface area contributed by atoms with Crippen molar-refractivity contribution in [2.45, 2.75) is 6.92 Å². The molecule has 0 N–H and O–H groups in total. The van der Waals surface area contributed by atoms with E-state index in [4.69, 9.17) is 19.9 Å². The molecule has 0 bridgehead atoms. The highest BCUT2D eigenvalue weighted by molar-refractivity contribution is 5.92. The molecule has 0 radical (unpaired) electrons. The average Bonchev–Trinajstić information content (AvgIpc) is 3.22. The van der Waals surface area contributed by atoms with Crippen LogP contribution in [-0.4, -0.2) is 19.9 Å². The highest BCUT2D eigenvalue weighted by atomic mass is 14.9. The summed E-state index contributed by atoms with van der Waals surface area (Å²) in [7, 11) is 0. The van der Waals surface area contributed by atoms with Crippen LogP contribution in [-0.2, 0) is 0 Å². The number of hydrogen-bond donors (Lipinski definition) is 0. The van der Waals surface area contributed by atoms with Gasteiger partial charge in [-0.05, 0) is 99.8 Å². The van der Waals surface area contributed by atoms with Crippen molar-refractivity contribution in [1.82, 2.24) is 19.9 Å². The maximum absolute atomic E-state index is 5.31. The van der Waals surface area contributed by atoms with Crippen LogP contribution in [0.5, 0.6) is 0 Å². The van der Waals surface area contributed by atoms with E-state index in [1.807, 2.05) is 24.5 Å². The lowest BCUT2D eigenvalue weighted by Gasteiger charge is -2.14. The van der Waals surface area contributed by atoms with E-state index in [0.717, 1.165) is 83.1 Å². The SMILES string of the molecule is Cc1cccc2cc(-c3cc(-c4cnc5ccccc5c4)cc(-c4cc(-c5ccc6ccccc6c5)nc(-c5ccc6ccccc6c5)n4)c3)cnc12. The molecule has 248 valence electrons. The molecule has 0 aliphatic heterocycles. The summed E-state index contributed by atoms with van der Waals surface area (Å²) >= 11 is 0. The fourth-order valence-electron chi connectivity index (χ4n) is 7.36. The second-order valence-electron chi connectivity index (χ2n) is 13.7. The molecular weight excluding hydrogens is 645 g/mol. The molecule has 0 saturated heterocycles. The van der Waals surface area contributed by atoms with Gasteiger partial charge in [-0.15, -0.1) is 0 Å². The molecule has 4 heteroatoms. The zero-order valence-corrected chi connectivity index (χ0v) is 29.0. The normalized spacial score (nSPS) is 11.5. The third kappa shape index (κ3) is 5.77. The average molecular weight is 677 g/mol. The Bertz CT molecular complexity index is 2940. The number of aryl methyl sites for hydroxylation is 1. The van der Waals surface area contributed by atoms with Crippen LogP contribution in [0.2, 0.25) is 0 Å². The first kappa shape index (κ1) is 30.8. The maximum Gasteiger partial charge on any atom is 0.160 e. The molecule has 0 amide bonds. The summed E-state index contributed by atoms with van der Waals surface area (Å²) < 4.78 is 0. The van der Waals surface area contributed by atoms with Crippen LogP contribution in [0, 0.1) is 6.92 Å². The molecular formula is C49H32N4. The van der Waals surface area contributed by atoms with E-state index in [2.05, 4.69) is 159 Å². The molecule has 53 heavy (non-hydrogen) atoms. The lowest BCUT2D eigenvalue weighted by atomic mass is 9.94. The van der Waals surface area contributed by atoms with Crippen molar-refractivity contribution in [2.75, 3.05) is 0 Å². The molecule has 0 atom stereocenters. The second kappa shape index (κ2) is 12.6. The quantitative estimate of drug-likeness (QED) is 0.182. The number of aromatic nitrogens is 4. The molecule has 4 nitrogen and oxygen atoms in total. The molecule has 10 rings (SSSR count). The molecule has 0 unspecified atom stereocenters. The van der Waals surface area contributed by atoms with Crippen LogP contribution in [0.15, 0.2) is 176 Å². The summed E-state index contributed by atoms with van der Waals surface area (Å²) in [5, 5.41) is 6.91. The van der Waals surface area contributed by atoms with Gasteiger partial charge >= 0.3 is 0 Å². The van der Waals surface area contributed by atoms with Gasteiger partial charge in [0.2, 0.25) is 0 Å². The van der Waals surface area contributed by atoms with Crippen LogP contribution in [0.4, 0.5) is 0 Å². The molecule has 0 fully saturated rings. The van der Waals surface area contributed by atoms with E-state index >= 15 is 0 Å². The highest BCUT2D eigenvalue weighted by Crippen LogP contribution is 2.36. The summed E-state index contributed by atoms with van der Waals surface area (Å²) in [6.45, 7) is 2.11. The number of rotatable bonds is 5. The van der Waals surface area contributed by atoms with Gasteiger partial charge in [0.25, 0.3) is 0 Å². The summed E-state index contributed by atoms with van der Waals surface area (Å²) in [5.74, 6) is 0.679. The molecule has 0 saturated carbocycles. The van der Waals surface area contributed by atoms with Crippen LogP contribution in [0.1, 0.15) is 5.56 Å². The molecule has 7 aromatic carbocycles.